The topological polar surface area (TPSA) is 61.4 Å². The van der Waals surface area contributed by atoms with Crippen LogP contribution in [0.25, 0.3) is 21.2 Å². The highest BCUT2D eigenvalue weighted by molar-refractivity contribution is 7.21. The summed E-state index contributed by atoms with van der Waals surface area (Å²) in [7, 11) is 1.97. The van der Waals surface area contributed by atoms with Crippen LogP contribution in [0.3, 0.4) is 0 Å². The number of halogens is 2. The number of carbonyl (C=O) groups excluding carboxylic acids is 2. The average molecular weight is 564 g/mol. The lowest BCUT2D eigenvalue weighted by Gasteiger charge is -2.37. The van der Waals surface area contributed by atoms with E-state index < -0.39 is 0 Å². The lowest BCUT2D eigenvalue weighted by Crippen LogP contribution is -2.44. The maximum Gasteiger partial charge on any atom is 0.266 e. The minimum Gasteiger partial charge on any atom is -0.330 e. The van der Waals surface area contributed by atoms with Gasteiger partial charge in [0.05, 0.1) is 5.02 Å². The van der Waals surface area contributed by atoms with Crippen molar-refractivity contribution in [3.63, 3.8) is 0 Å². The molecule has 0 saturated heterocycles. The second kappa shape index (κ2) is 11.9. The van der Waals surface area contributed by atoms with Crippen molar-refractivity contribution in [1.82, 2.24) is 10.2 Å². The van der Waals surface area contributed by atoms with Gasteiger partial charge in [-0.15, -0.1) is 11.3 Å². The first-order chi connectivity index (χ1) is 18.8. The minimum atomic E-state index is -0.349. The molecule has 5 rings (SSSR count). The summed E-state index contributed by atoms with van der Waals surface area (Å²) in [5.41, 5.74) is 2.89. The van der Waals surface area contributed by atoms with Gasteiger partial charge in [0.2, 0.25) is 5.91 Å². The minimum absolute atomic E-state index is 0.0108. The summed E-state index contributed by atoms with van der Waals surface area (Å²) < 4.78 is 16.2. The Labute approximate surface area is 237 Å². The Morgan fingerprint density at radius 3 is 2.36 bits per heavy atom. The molecule has 0 spiro atoms. The van der Waals surface area contributed by atoms with Crippen LogP contribution in [0.4, 0.5) is 10.1 Å². The second-order valence-corrected chi connectivity index (χ2v) is 11.5. The molecule has 3 aromatic carbocycles. The van der Waals surface area contributed by atoms with E-state index in [4.69, 9.17) is 11.6 Å². The van der Waals surface area contributed by atoms with Gasteiger partial charge >= 0.3 is 0 Å². The van der Waals surface area contributed by atoms with Crippen molar-refractivity contribution in [3.8, 4) is 11.1 Å². The number of fused-ring (bicyclic) bond motifs is 1. The van der Waals surface area contributed by atoms with Crippen molar-refractivity contribution < 1.29 is 14.0 Å². The molecule has 0 aliphatic heterocycles. The molecule has 1 saturated carbocycles. The first kappa shape index (κ1) is 27.3. The maximum atomic E-state index is 15.2. The first-order valence-corrected chi connectivity index (χ1v) is 14.3. The maximum absolute atomic E-state index is 15.2. The van der Waals surface area contributed by atoms with Gasteiger partial charge in [-0.25, -0.2) is 4.39 Å². The van der Waals surface area contributed by atoms with Crippen LogP contribution in [0.5, 0.6) is 0 Å². The molecule has 39 heavy (non-hydrogen) atoms. The van der Waals surface area contributed by atoms with Gasteiger partial charge in [0.1, 0.15) is 10.7 Å². The Morgan fingerprint density at radius 2 is 1.69 bits per heavy atom. The average Bonchev–Trinajstić information content (AvgIpc) is 3.29. The highest BCUT2D eigenvalue weighted by Crippen LogP contribution is 2.38. The number of hydrogen-bond donors (Lipinski definition) is 2. The van der Waals surface area contributed by atoms with Crippen LogP contribution in [0.2, 0.25) is 5.02 Å². The van der Waals surface area contributed by atoms with Gasteiger partial charge in [0.25, 0.3) is 5.91 Å². The highest BCUT2D eigenvalue weighted by Gasteiger charge is 2.32. The van der Waals surface area contributed by atoms with E-state index in [9.17, 15) is 9.59 Å². The molecule has 1 heterocycles. The van der Waals surface area contributed by atoms with E-state index in [-0.39, 0.29) is 30.2 Å². The molecule has 1 fully saturated rings. The zero-order valence-corrected chi connectivity index (χ0v) is 23.5. The standard InChI is InChI=1S/C31H31ClFN3O2S/c1-19(37)35-24-10-7-20(8-11-24)21-9-16-27(33)22(17-21)18-36(25-14-12-23(34-2)13-15-25)31(38)30-29(32)26-5-3-4-6-28(26)39-30/h3-11,16-17,23,25,34H,12-15,18H2,1-2H3,(H,35,37)/t23-,25-. The molecule has 1 aliphatic rings. The molecular weight excluding hydrogens is 533 g/mol. The van der Waals surface area contributed by atoms with Crippen LogP contribution in [-0.2, 0) is 11.3 Å². The molecule has 0 radical (unpaired) electrons. The van der Waals surface area contributed by atoms with E-state index in [0.717, 1.165) is 46.9 Å². The summed E-state index contributed by atoms with van der Waals surface area (Å²) in [4.78, 5) is 27.7. The molecule has 4 aromatic rings. The molecule has 2 amide bonds. The number of anilines is 1. The van der Waals surface area contributed by atoms with Gasteiger partial charge < -0.3 is 15.5 Å². The van der Waals surface area contributed by atoms with Gasteiger partial charge in [0, 0.05) is 46.9 Å². The van der Waals surface area contributed by atoms with Crippen LogP contribution in [0.15, 0.2) is 66.7 Å². The van der Waals surface area contributed by atoms with Crippen LogP contribution in [-0.4, -0.2) is 35.8 Å². The number of rotatable bonds is 7. The molecule has 5 nitrogen and oxygen atoms in total. The Balaban J connectivity index is 1.47. The predicted octanol–water partition coefficient (Wildman–Crippen LogP) is 7.49. The molecule has 202 valence electrons. The Morgan fingerprint density at radius 1 is 1.00 bits per heavy atom. The third-order valence-electron chi connectivity index (χ3n) is 7.46. The molecular formula is C31H31ClFN3O2S. The van der Waals surface area contributed by atoms with Crippen LogP contribution in [0, 0.1) is 5.82 Å². The smallest absolute Gasteiger partial charge is 0.266 e. The zero-order chi connectivity index (χ0) is 27.5. The van der Waals surface area contributed by atoms with Crippen molar-refractivity contribution in [2.45, 2.75) is 51.2 Å². The summed E-state index contributed by atoms with van der Waals surface area (Å²) >= 11 is 8.11. The molecule has 0 unspecified atom stereocenters. The van der Waals surface area contributed by atoms with E-state index >= 15 is 4.39 Å². The number of carbonyl (C=O) groups is 2. The van der Waals surface area contributed by atoms with Crippen molar-refractivity contribution in [2.75, 3.05) is 12.4 Å². The Hall–Kier alpha value is -3.26. The Kier molecular flexibility index (Phi) is 8.31. The lowest BCUT2D eigenvalue weighted by molar-refractivity contribution is -0.114. The number of hydrogen-bond acceptors (Lipinski definition) is 4. The first-order valence-electron chi connectivity index (χ1n) is 13.2. The lowest BCUT2D eigenvalue weighted by atomic mass is 9.89. The van der Waals surface area contributed by atoms with Crippen molar-refractivity contribution in [2.24, 2.45) is 0 Å². The highest BCUT2D eigenvalue weighted by atomic mass is 35.5. The van der Waals surface area contributed by atoms with Crippen molar-refractivity contribution >= 4 is 50.5 Å². The van der Waals surface area contributed by atoms with E-state index in [1.807, 2.05) is 66.5 Å². The third kappa shape index (κ3) is 6.01. The second-order valence-electron chi connectivity index (χ2n) is 10.0. The number of amides is 2. The largest absolute Gasteiger partial charge is 0.330 e. The predicted molar refractivity (Wildman–Crippen MR) is 158 cm³/mol. The summed E-state index contributed by atoms with van der Waals surface area (Å²) in [5.74, 6) is -0.643. The molecule has 8 heteroatoms. The van der Waals surface area contributed by atoms with Crippen molar-refractivity contribution in [3.05, 3.63) is 88.0 Å². The molecule has 0 atom stereocenters. The summed E-state index contributed by atoms with van der Waals surface area (Å²) in [6.45, 7) is 1.62. The summed E-state index contributed by atoms with van der Waals surface area (Å²) in [6, 6.07) is 20.6. The quantitative estimate of drug-likeness (QED) is 0.245. The summed E-state index contributed by atoms with van der Waals surface area (Å²) in [5, 5.41) is 7.43. The fraction of sp³-hybridized carbons (Fsp3) is 0.290. The normalized spacial score (nSPS) is 17.2. The fourth-order valence-electron chi connectivity index (χ4n) is 5.33. The Bertz CT molecular complexity index is 1500. The van der Waals surface area contributed by atoms with E-state index in [0.29, 0.717) is 27.2 Å². The zero-order valence-electron chi connectivity index (χ0n) is 22.0. The monoisotopic (exact) mass is 563 g/mol. The molecule has 2 N–H and O–H groups in total. The van der Waals surface area contributed by atoms with Gasteiger partial charge in [-0.05, 0) is 74.2 Å². The van der Waals surface area contributed by atoms with Crippen LogP contribution in [0.1, 0.15) is 47.8 Å². The van der Waals surface area contributed by atoms with E-state index in [1.54, 1.807) is 6.07 Å². The molecule has 1 aliphatic carbocycles. The fourth-order valence-corrected chi connectivity index (χ4v) is 6.80. The van der Waals surface area contributed by atoms with Gasteiger partial charge in [-0.3, -0.25) is 9.59 Å². The van der Waals surface area contributed by atoms with Crippen LogP contribution >= 0.6 is 22.9 Å². The number of benzene rings is 3. The van der Waals surface area contributed by atoms with E-state index in [2.05, 4.69) is 10.6 Å². The van der Waals surface area contributed by atoms with Gasteiger partial charge in [-0.2, -0.15) is 0 Å². The van der Waals surface area contributed by atoms with Crippen molar-refractivity contribution in [1.29, 1.82) is 0 Å². The summed E-state index contributed by atoms with van der Waals surface area (Å²) in [6.07, 6.45) is 3.58. The van der Waals surface area contributed by atoms with Gasteiger partial charge in [-0.1, -0.05) is 48.0 Å². The van der Waals surface area contributed by atoms with Gasteiger partial charge in [0.15, 0.2) is 0 Å². The third-order valence-corrected chi connectivity index (χ3v) is 9.12. The van der Waals surface area contributed by atoms with E-state index in [1.165, 1.54) is 24.3 Å². The SMILES string of the molecule is CN[C@H]1CC[C@H](N(Cc2cc(-c3ccc(NC(C)=O)cc3)ccc2F)C(=O)c2sc3ccccc3c2Cl)CC1. The number of nitrogens with zero attached hydrogens (tertiary/aromatic N) is 1. The number of nitrogens with one attached hydrogen (secondary N) is 2. The van der Waals surface area contributed by atoms with Crippen LogP contribution < -0.4 is 10.6 Å². The molecule has 1 aromatic heterocycles. The number of thiophene rings is 1. The molecule has 0 bridgehead atoms.